The van der Waals surface area contributed by atoms with Crippen LogP contribution in [0.1, 0.15) is 24.7 Å². The number of nitrogens with zero attached hydrogens (tertiary/aromatic N) is 3. The van der Waals surface area contributed by atoms with Crippen LogP contribution in [0.3, 0.4) is 0 Å². The van der Waals surface area contributed by atoms with Crippen molar-refractivity contribution in [2.75, 3.05) is 31.6 Å². The van der Waals surface area contributed by atoms with E-state index in [2.05, 4.69) is 26.8 Å². The third kappa shape index (κ3) is 8.54. The molecule has 0 bridgehead atoms. The molecule has 9 heteroatoms. The van der Waals surface area contributed by atoms with E-state index in [1.807, 2.05) is 18.5 Å². The van der Waals surface area contributed by atoms with E-state index in [1.165, 1.54) is 0 Å². The predicted octanol–water partition coefficient (Wildman–Crippen LogP) is 1.11. The van der Waals surface area contributed by atoms with E-state index < -0.39 is 9.84 Å². The minimum Gasteiger partial charge on any atom is -0.356 e. The Morgan fingerprint density at radius 1 is 1.30 bits per heavy atom. The lowest BCUT2D eigenvalue weighted by Gasteiger charge is -2.12. The lowest BCUT2D eigenvalue weighted by molar-refractivity contribution is 0.555. The lowest BCUT2D eigenvalue weighted by atomic mass is 10.4. The second kappa shape index (κ2) is 10.8. The van der Waals surface area contributed by atoms with Crippen LogP contribution in [0, 0.1) is 13.8 Å². The second-order valence-corrected chi connectivity index (χ2v) is 7.64. The summed E-state index contributed by atoms with van der Waals surface area (Å²) in [5.74, 6) is 0.916. The highest BCUT2D eigenvalue weighted by atomic mass is 127. The summed E-state index contributed by atoms with van der Waals surface area (Å²) in [5, 5.41) is 10.6. The summed E-state index contributed by atoms with van der Waals surface area (Å²) in [6.45, 7) is 7.64. The molecule has 0 aliphatic heterocycles. The molecular weight excluding hydrogens is 429 g/mol. The molecule has 0 fully saturated rings. The van der Waals surface area contributed by atoms with Gasteiger partial charge in [-0.25, -0.2) is 8.42 Å². The zero-order chi connectivity index (χ0) is 16.6. The average molecular weight is 457 g/mol. The first-order chi connectivity index (χ1) is 10.4. The molecule has 0 saturated carbocycles. The molecule has 0 unspecified atom stereocenters. The Bertz CT molecular complexity index is 598. The van der Waals surface area contributed by atoms with Gasteiger partial charge in [-0.15, -0.1) is 24.0 Å². The molecule has 1 rings (SSSR count). The van der Waals surface area contributed by atoms with Gasteiger partial charge in [0.1, 0.15) is 0 Å². The molecule has 0 saturated heterocycles. The number of aryl methyl sites for hydroxylation is 3. The van der Waals surface area contributed by atoms with Gasteiger partial charge in [-0.1, -0.05) is 6.92 Å². The molecule has 23 heavy (non-hydrogen) atoms. The fourth-order valence-corrected chi connectivity index (χ4v) is 2.73. The molecule has 0 atom stereocenters. The topological polar surface area (TPSA) is 88.4 Å². The molecule has 0 aliphatic rings. The highest BCUT2D eigenvalue weighted by Gasteiger charge is 2.07. The van der Waals surface area contributed by atoms with Crippen LogP contribution in [0.5, 0.6) is 0 Å². The van der Waals surface area contributed by atoms with Gasteiger partial charge in [-0.2, -0.15) is 5.10 Å². The van der Waals surface area contributed by atoms with Gasteiger partial charge in [-0.3, -0.25) is 9.67 Å². The van der Waals surface area contributed by atoms with Crippen LogP contribution in [0.2, 0.25) is 0 Å². The number of hydrogen-bond donors (Lipinski definition) is 2. The van der Waals surface area contributed by atoms with Crippen molar-refractivity contribution in [3.8, 4) is 0 Å². The first-order valence-corrected chi connectivity index (χ1v) is 9.36. The van der Waals surface area contributed by atoms with Gasteiger partial charge < -0.3 is 10.6 Å². The summed E-state index contributed by atoms with van der Waals surface area (Å²) in [5.41, 5.74) is 2.19. The SMILES string of the molecule is CCS(=O)(=O)CCNC(=NC)NCCCn1nc(C)cc1C.I. The second-order valence-electron chi connectivity index (χ2n) is 5.17. The maximum absolute atomic E-state index is 11.4. The van der Waals surface area contributed by atoms with Crippen molar-refractivity contribution in [3.05, 3.63) is 17.5 Å². The monoisotopic (exact) mass is 457 g/mol. The highest BCUT2D eigenvalue weighted by Crippen LogP contribution is 2.02. The molecule has 1 heterocycles. The standard InChI is InChI=1S/C14H27N5O2S.HI/c1-5-22(20,21)10-8-17-14(15-4)16-7-6-9-19-13(3)11-12(2)18-19;/h11H,5-10H2,1-4H3,(H2,15,16,17);1H. The Kier molecular flexibility index (Phi) is 10.4. The van der Waals surface area contributed by atoms with E-state index in [1.54, 1.807) is 14.0 Å². The van der Waals surface area contributed by atoms with Crippen molar-refractivity contribution in [2.24, 2.45) is 4.99 Å². The Morgan fingerprint density at radius 2 is 1.96 bits per heavy atom. The van der Waals surface area contributed by atoms with Crippen LogP contribution >= 0.6 is 24.0 Å². The molecule has 2 N–H and O–H groups in total. The Morgan fingerprint density at radius 3 is 2.48 bits per heavy atom. The van der Waals surface area contributed by atoms with E-state index >= 15 is 0 Å². The number of sulfone groups is 1. The van der Waals surface area contributed by atoms with E-state index in [4.69, 9.17) is 0 Å². The Hall–Kier alpha value is -0.840. The van der Waals surface area contributed by atoms with E-state index in [0.29, 0.717) is 12.5 Å². The fraction of sp³-hybridized carbons (Fsp3) is 0.714. The average Bonchev–Trinajstić information content (AvgIpc) is 2.79. The Balaban J connectivity index is 0.00000484. The molecule has 1 aromatic rings. The minimum absolute atomic E-state index is 0. The summed E-state index contributed by atoms with van der Waals surface area (Å²) in [6.07, 6.45) is 0.913. The van der Waals surface area contributed by atoms with Crippen LogP contribution in [-0.4, -0.2) is 55.8 Å². The molecule has 134 valence electrons. The van der Waals surface area contributed by atoms with Crippen LogP contribution < -0.4 is 10.6 Å². The van der Waals surface area contributed by atoms with Crippen molar-refractivity contribution < 1.29 is 8.42 Å². The number of hydrogen-bond acceptors (Lipinski definition) is 4. The molecular formula is C14H28IN5O2S. The highest BCUT2D eigenvalue weighted by molar-refractivity contribution is 14.0. The quantitative estimate of drug-likeness (QED) is 0.264. The first-order valence-electron chi connectivity index (χ1n) is 7.54. The van der Waals surface area contributed by atoms with Crippen molar-refractivity contribution in [1.82, 2.24) is 20.4 Å². The molecule has 0 spiro atoms. The fourth-order valence-electron chi connectivity index (χ4n) is 2.03. The molecule has 0 aromatic carbocycles. The number of nitrogens with one attached hydrogen (secondary N) is 2. The zero-order valence-corrected chi connectivity index (χ0v) is 17.4. The molecule has 0 radical (unpaired) electrons. The first kappa shape index (κ1) is 22.2. The van der Waals surface area contributed by atoms with Gasteiger partial charge in [0.2, 0.25) is 0 Å². The number of guanidine groups is 1. The van der Waals surface area contributed by atoms with E-state index in [0.717, 1.165) is 30.9 Å². The van der Waals surface area contributed by atoms with Crippen LogP contribution in [0.4, 0.5) is 0 Å². The van der Waals surface area contributed by atoms with Gasteiger partial charge >= 0.3 is 0 Å². The van der Waals surface area contributed by atoms with Gasteiger partial charge in [0.25, 0.3) is 0 Å². The predicted molar refractivity (Wildman–Crippen MR) is 105 cm³/mol. The third-order valence-electron chi connectivity index (χ3n) is 3.31. The maximum atomic E-state index is 11.4. The van der Waals surface area contributed by atoms with Crippen LogP contribution in [0.25, 0.3) is 0 Å². The summed E-state index contributed by atoms with van der Waals surface area (Å²) in [4.78, 5) is 4.08. The molecule has 7 nitrogen and oxygen atoms in total. The summed E-state index contributed by atoms with van der Waals surface area (Å²) >= 11 is 0. The van der Waals surface area contributed by atoms with Gasteiger partial charge in [0, 0.05) is 38.1 Å². The van der Waals surface area contributed by atoms with Gasteiger partial charge in [-0.05, 0) is 26.3 Å². The largest absolute Gasteiger partial charge is 0.356 e. The van der Waals surface area contributed by atoms with E-state index in [9.17, 15) is 8.42 Å². The summed E-state index contributed by atoms with van der Waals surface area (Å²) in [7, 11) is -1.27. The van der Waals surface area contributed by atoms with Crippen LogP contribution in [-0.2, 0) is 16.4 Å². The summed E-state index contributed by atoms with van der Waals surface area (Å²) < 4.78 is 24.8. The van der Waals surface area contributed by atoms with Crippen LogP contribution in [0.15, 0.2) is 11.1 Å². The smallest absolute Gasteiger partial charge is 0.191 e. The number of aliphatic imine (C=N–C) groups is 1. The van der Waals surface area contributed by atoms with Crippen molar-refractivity contribution >= 4 is 39.8 Å². The number of halogens is 1. The van der Waals surface area contributed by atoms with Crippen molar-refractivity contribution in [2.45, 2.75) is 33.7 Å². The lowest BCUT2D eigenvalue weighted by Crippen LogP contribution is -2.40. The zero-order valence-electron chi connectivity index (χ0n) is 14.3. The summed E-state index contributed by atoms with van der Waals surface area (Å²) in [6, 6.07) is 2.06. The minimum atomic E-state index is -2.94. The normalized spacial score (nSPS) is 11.9. The number of rotatable bonds is 8. The Labute approximate surface area is 156 Å². The number of aromatic nitrogens is 2. The molecule has 0 amide bonds. The van der Waals surface area contributed by atoms with E-state index in [-0.39, 0.29) is 35.5 Å². The third-order valence-corrected chi connectivity index (χ3v) is 5.02. The maximum Gasteiger partial charge on any atom is 0.191 e. The van der Waals surface area contributed by atoms with Gasteiger partial charge in [0.05, 0.1) is 11.4 Å². The van der Waals surface area contributed by atoms with Crippen molar-refractivity contribution in [1.29, 1.82) is 0 Å². The van der Waals surface area contributed by atoms with Gasteiger partial charge in [0.15, 0.2) is 15.8 Å². The molecule has 1 aromatic heterocycles. The molecule has 0 aliphatic carbocycles. The van der Waals surface area contributed by atoms with Crippen molar-refractivity contribution in [3.63, 3.8) is 0 Å².